The zero-order chi connectivity index (χ0) is 12.7. The molecule has 2 aromatic rings. The van der Waals surface area contributed by atoms with Crippen molar-refractivity contribution in [3.05, 3.63) is 35.4 Å². The first-order valence-electron chi connectivity index (χ1n) is 6.07. The third kappa shape index (κ3) is 1.67. The Balaban J connectivity index is 2.13. The minimum atomic E-state index is -0.959. The largest absolute Gasteiger partial charge is 0.476 e. The summed E-state index contributed by atoms with van der Waals surface area (Å²) in [6, 6.07) is 3.84. The molecule has 0 unspecified atom stereocenters. The summed E-state index contributed by atoms with van der Waals surface area (Å²) in [5.74, 6) is 0.454. The summed E-state index contributed by atoms with van der Waals surface area (Å²) in [4.78, 5) is 15.6. The van der Waals surface area contributed by atoms with Crippen LogP contribution in [0.5, 0.6) is 0 Å². The number of fused-ring (bicyclic) bond motifs is 1. The van der Waals surface area contributed by atoms with E-state index in [4.69, 9.17) is 0 Å². The molecule has 0 radical (unpaired) electrons. The predicted octanol–water partition coefficient (Wildman–Crippen LogP) is 1.10. The zero-order valence-electron chi connectivity index (χ0n) is 10.2. The van der Waals surface area contributed by atoms with E-state index in [-0.39, 0.29) is 5.69 Å². The molecule has 0 aromatic carbocycles. The van der Waals surface area contributed by atoms with Gasteiger partial charge in [0.1, 0.15) is 5.82 Å². The van der Waals surface area contributed by atoms with Gasteiger partial charge in [-0.05, 0) is 37.6 Å². The molecule has 3 heterocycles. The highest BCUT2D eigenvalue weighted by Gasteiger charge is 2.23. The Morgan fingerprint density at radius 3 is 3.00 bits per heavy atom. The fourth-order valence-electron chi connectivity index (χ4n) is 2.41. The maximum absolute atomic E-state index is 11.3. The van der Waals surface area contributed by atoms with Crippen molar-refractivity contribution in [2.75, 3.05) is 13.1 Å². The fraction of sp³-hybridized carbons (Fsp3) is 0.385. The molecule has 3 rings (SSSR count). The third-order valence-electron chi connectivity index (χ3n) is 3.48. The smallest absolute Gasteiger partial charge is 0.356 e. The van der Waals surface area contributed by atoms with Crippen LogP contribution in [-0.2, 0) is 6.42 Å². The Labute approximate surface area is 104 Å². The molecule has 0 bridgehead atoms. The molecule has 1 aliphatic rings. The second-order valence-corrected chi connectivity index (χ2v) is 4.82. The maximum Gasteiger partial charge on any atom is 0.356 e. The summed E-state index contributed by atoms with van der Waals surface area (Å²) < 4.78 is 1.91. The van der Waals surface area contributed by atoms with E-state index in [9.17, 15) is 9.90 Å². The van der Waals surface area contributed by atoms with Crippen molar-refractivity contribution < 1.29 is 9.90 Å². The van der Waals surface area contributed by atoms with Crippen molar-refractivity contribution >= 4 is 11.5 Å². The van der Waals surface area contributed by atoms with Crippen LogP contribution in [0.4, 0.5) is 0 Å². The van der Waals surface area contributed by atoms with Crippen LogP contribution in [0.2, 0.25) is 0 Å². The first-order valence-corrected chi connectivity index (χ1v) is 6.07. The van der Waals surface area contributed by atoms with E-state index in [1.807, 2.05) is 29.7 Å². The molecule has 0 atom stereocenters. The van der Waals surface area contributed by atoms with Gasteiger partial charge in [0.25, 0.3) is 0 Å². The summed E-state index contributed by atoms with van der Waals surface area (Å²) in [7, 11) is 0. The van der Waals surface area contributed by atoms with Crippen LogP contribution in [0, 0.1) is 12.8 Å². The predicted molar refractivity (Wildman–Crippen MR) is 67.0 cm³/mol. The van der Waals surface area contributed by atoms with Gasteiger partial charge in [-0.2, -0.15) is 0 Å². The SMILES string of the molecule is Cc1cccn2c(CC3CNC3)nc(C(=O)O)c12. The molecule has 94 valence electrons. The molecule has 0 amide bonds. The summed E-state index contributed by atoms with van der Waals surface area (Å²) in [6.45, 7) is 3.89. The third-order valence-corrected chi connectivity index (χ3v) is 3.48. The molecule has 2 aromatic heterocycles. The number of nitrogens with one attached hydrogen (secondary N) is 1. The molecule has 1 aliphatic heterocycles. The molecule has 5 heteroatoms. The van der Waals surface area contributed by atoms with E-state index in [2.05, 4.69) is 10.3 Å². The number of carboxylic acids is 1. The van der Waals surface area contributed by atoms with Gasteiger partial charge in [-0.3, -0.25) is 0 Å². The zero-order valence-corrected chi connectivity index (χ0v) is 10.2. The highest BCUT2D eigenvalue weighted by molar-refractivity contribution is 5.94. The monoisotopic (exact) mass is 245 g/mol. The summed E-state index contributed by atoms with van der Waals surface area (Å²) in [6.07, 6.45) is 2.72. The van der Waals surface area contributed by atoms with E-state index in [0.29, 0.717) is 11.4 Å². The minimum Gasteiger partial charge on any atom is -0.476 e. The van der Waals surface area contributed by atoms with Crippen molar-refractivity contribution in [3.8, 4) is 0 Å². The fourth-order valence-corrected chi connectivity index (χ4v) is 2.41. The van der Waals surface area contributed by atoms with Gasteiger partial charge >= 0.3 is 5.97 Å². The van der Waals surface area contributed by atoms with Crippen LogP contribution in [0.25, 0.3) is 5.52 Å². The van der Waals surface area contributed by atoms with Gasteiger partial charge in [0.05, 0.1) is 5.52 Å². The van der Waals surface area contributed by atoms with Gasteiger partial charge in [-0.15, -0.1) is 0 Å². The lowest BCUT2D eigenvalue weighted by atomic mass is 9.99. The van der Waals surface area contributed by atoms with E-state index in [0.717, 1.165) is 30.9 Å². The number of aryl methyl sites for hydroxylation is 1. The van der Waals surface area contributed by atoms with Crippen molar-refractivity contribution in [2.24, 2.45) is 5.92 Å². The van der Waals surface area contributed by atoms with E-state index >= 15 is 0 Å². The minimum absolute atomic E-state index is 0.162. The van der Waals surface area contributed by atoms with Crippen LogP contribution < -0.4 is 5.32 Å². The van der Waals surface area contributed by atoms with Gasteiger partial charge in [0, 0.05) is 12.6 Å². The molecule has 0 spiro atoms. The number of rotatable bonds is 3. The lowest BCUT2D eigenvalue weighted by Crippen LogP contribution is -2.43. The number of hydrogen-bond acceptors (Lipinski definition) is 3. The van der Waals surface area contributed by atoms with E-state index in [1.165, 1.54) is 0 Å². The van der Waals surface area contributed by atoms with E-state index < -0.39 is 5.97 Å². The summed E-state index contributed by atoms with van der Waals surface area (Å²) in [5.41, 5.74) is 1.82. The Morgan fingerprint density at radius 2 is 2.39 bits per heavy atom. The van der Waals surface area contributed by atoms with Crippen LogP contribution in [-0.4, -0.2) is 33.6 Å². The van der Waals surface area contributed by atoms with Crippen LogP contribution in [0.15, 0.2) is 18.3 Å². The lowest BCUT2D eigenvalue weighted by molar-refractivity contribution is 0.0693. The van der Waals surface area contributed by atoms with Crippen molar-refractivity contribution in [1.82, 2.24) is 14.7 Å². The Hall–Kier alpha value is -1.88. The van der Waals surface area contributed by atoms with Crippen molar-refractivity contribution in [1.29, 1.82) is 0 Å². The molecule has 18 heavy (non-hydrogen) atoms. The molecule has 1 fully saturated rings. The average molecular weight is 245 g/mol. The van der Waals surface area contributed by atoms with Gasteiger partial charge in [0.2, 0.25) is 0 Å². The maximum atomic E-state index is 11.3. The quantitative estimate of drug-likeness (QED) is 0.850. The molecule has 0 saturated carbocycles. The molecule has 1 saturated heterocycles. The normalized spacial score (nSPS) is 15.8. The van der Waals surface area contributed by atoms with E-state index in [1.54, 1.807) is 0 Å². The number of carbonyl (C=O) groups is 1. The number of aromatic carboxylic acids is 1. The first-order chi connectivity index (χ1) is 8.66. The molecule has 2 N–H and O–H groups in total. The molecule has 5 nitrogen and oxygen atoms in total. The number of hydrogen-bond donors (Lipinski definition) is 2. The average Bonchev–Trinajstić information content (AvgIpc) is 2.64. The Morgan fingerprint density at radius 1 is 1.61 bits per heavy atom. The summed E-state index contributed by atoms with van der Waals surface area (Å²) >= 11 is 0. The Bertz CT molecular complexity index is 614. The number of aromatic nitrogens is 2. The standard InChI is InChI=1S/C13H15N3O2/c1-8-3-2-4-16-10(5-9-6-14-7-9)15-11(12(8)16)13(17)18/h2-4,9,14H,5-7H2,1H3,(H,17,18). The van der Waals surface area contributed by atoms with Crippen LogP contribution >= 0.6 is 0 Å². The lowest BCUT2D eigenvalue weighted by Gasteiger charge is -2.26. The number of carboxylic acid groups (broad SMARTS) is 1. The van der Waals surface area contributed by atoms with Gasteiger partial charge in [-0.1, -0.05) is 6.07 Å². The molecular formula is C13H15N3O2. The summed E-state index contributed by atoms with van der Waals surface area (Å²) in [5, 5.41) is 12.5. The highest BCUT2D eigenvalue weighted by atomic mass is 16.4. The Kier molecular flexibility index (Phi) is 2.56. The topological polar surface area (TPSA) is 66.6 Å². The number of imidazole rings is 1. The van der Waals surface area contributed by atoms with Crippen molar-refractivity contribution in [3.63, 3.8) is 0 Å². The number of pyridine rings is 1. The second-order valence-electron chi connectivity index (χ2n) is 4.82. The highest BCUT2D eigenvalue weighted by Crippen LogP contribution is 2.20. The molecular weight excluding hydrogens is 230 g/mol. The van der Waals surface area contributed by atoms with Gasteiger partial charge in [-0.25, -0.2) is 9.78 Å². The van der Waals surface area contributed by atoms with Crippen LogP contribution in [0.1, 0.15) is 21.9 Å². The van der Waals surface area contributed by atoms with Gasteiger partial charge < -0.3 is 14.8 Å². The first kappa shape index (κ1) is 11.2. The van der Waals surface area contributed by atoms with Gasteiger partial charge in [0.15, 0.2) is 5.69 Å². The number of nitrogens with zero attached hydrogens (tertiary/aromatic N) is 2. The van der Waals surface area contributed by atoms with Crippen molar-refractivity contribution in [2.45, 2.75) is 13.3 Å². The van der Waals surface area contributed by atoms with Crippen LogP contribution in [0.3, 0.4) is 0 Å². The molecule has 0 aliphatic carbocycles. The second kappa shape index (κ2) is 4.10.